The zero-order valence-electron chi connectivity index (χ0n) is 50.0. The number of fused-ring (bicyclic) bond motifs is 9. The Morgan fingerprint density at radius 1 is 0.418 bits per heavy atom. The minimum atomic E-state index is -2.17. The van der Waals surface area contributed by atoms with Crippen LogP contribution in [-0.4, -0.2) is 95.7 Å². The fourth-order valence-electron chi connectivity index (χ4n) is 12.0. The minimum Gasteiger partial charge on any atom is -0.450 e. The number of rotatable bonds is 5. The van der Waals surface area contributed by atoms with Crippen LogP contribution < -0.4 is 26.8 Å². The van der Waals surface area contributed by atoms with Crippen LogP contribution in [0.3, 0.4) is 0 Å². The number of hydrogen-bond acceptors (Lipinski definition) is 15. The largest absolute Gasteiger partial charge is 0.450 e. The lowest BCUT2D eigenvalue weighted by atomic mass is 9.58. The number of benzene rings is 2. The van der Waals surface area contributed by atoms with Crippen molar-refractivity contribution in [3.05, 3.63) is 185 Å². The van der Waals surface area contributed by atoms with E-state index in [-0.39, 0.29) is 39.0 Å². The van der Waals surface area contributed by atoms with Gasteiger partial charge in [0.25, 0.3) is 0 Å². The topological polar surface area (TPSA) is 107 Å². The fourth-order valence-corrected chi connectivity index (χ4v) is 12.0. The summed E-state index contributed by atoms with van der Waals surface area (Å²) in [6.07, 6.45) is 18.5. The molecule has 0 fully saturated rings. The molecule has 0 N–H and O–H groups in total. The van der Waals surface area contributed by atoms with E-state index < -0.39 is 6.98 Å². The van der Waals surface area contributed by atoms with E-state index in [2.05, 4.69) is 201 Å². The molecule has 398 valence electrons. The van der Waals surface area contributed by atoms with Crippen molar-refractivity contribution in [3.8, 4) is 0 Å². The van der Waals surface area contributed by atoms with Gasteiger partial charge in [0.2, 0.25) is 17.1 Å². The van der Waals surface area contributed by atoms with Crippen LogP contribution in [0.5, 0.6) is 0 Å². The summed E-state index contributed by atoms with van der Waals surface area (Å²) in [4.78, 5) is 26.3. The first-order valence-corrected chi connectivity index (χ1v) is 27.2. The predicted octanol–water partition coefficient (Wildman–Crippen LogP) is 11.0. The van der Waals surface area contributed by atoms with Gasteiger partial charge in [-0.1, -0.05) is 56.9 Å². The van der Waals surface area contributed by atoms with Gasteiger partial charge in [-0.15, -0.1) is 0 Å². The van der Waals surface area contributed by atoms with E-state index >= 15 is 0 Å². The number of hydrogen-bond donors (Lipinski definition) is 0. The summed E-state index contributed by atoms with van der Waals surface area (Å²) in [6, 6.07) is 33.3. The average molecular weight is 1050 g/mol. The molecule has 6 aromatic heterocycles. The molecule has 0 spiro atoms. The van der Waals surface area contributed by atoms with E-state index in [4.69, 9.17) is 17.4 Å². The second-order valence-electron chi connectivity index (χ2n) is 21.3. The molecule has 6 aliphatic rings. The third-order valence-electron chi connectivity index (χ3n) is 16.0. The van der Waals surface area contributed by atoms with Gasteiger partial charge in [0.05, 0.1) is 0 Å². The number of aromatic nitrogens is 3. The molecule has 0 saturated heterocycles. The minimum absolute atomic E-state index is 0.0758. The van der Waals surface area contributed by atoms with E-state index in [0.29, 0.717) is 5.71 Å². The van der Waals surface area contributed by atoms with Crippen molar-refractivity contribution in [2.24, 2.45) is 0 Å². The molecule has 3 atom stereocenters. The highest BCUT2D eigenvalue weighted by atomic mass is 16.4. The van der Waals surface area contributed by atoms with Crippen molar-refractivity contribution < 1.29 is 17.4 Å². The normalized spacial score (nSPS) is 20.1. The van der Waals surface area contributed by atoms with E-state index in [1.165, 1.54) is 27.7 Å². The lowest BCUT2D eigenvalue weighted by Crippen LogP contribution is -2.57. The second kappa shape index (κ2) is 20.0. The summed E-state index contributed by atoms with van der Waals surface area (Å²) in [5.41, 5.74) is 16.9. The summed E-state index contributed by atoms with van der Waals surface area (Å²) in [7, 11) is 0. The molecule has 79 heavy (non-hydrogen) atoms. The van der Waals surface area contributed by atoms with Crippen molar-refractivity contribution in [2.45, 2.75) is 101 Å². The number of aryl methyl sites for hydroxylation is 3. The van der Waals surface area contributed by atoms with Gasteiger partial charge in [0.1, 0.15) is 35.5 Å². The highest BCUT2D eigenvalue weighted by Crippen LogP contribution is 2.36. The molecule has 6 aliphatic heterocycles. The molecule has 18 heteroatoms. The number of para-hydroxylation sites is 2. The number of allylic oxidation sites excluding steroid dienone is 3. The van der Waals surface area contributed by atoms with Crippen molar-refractivity contribution in [1.29, 1.82) is 0 Å². The Bertz CT molecular complexity index is 3770. The van der Waals surface area contributed by atoms with Gasteiger partial charge in [0, 0.05) is 127 Å². The van der Waals surface area contributed by atoms with Gasteiger partial charge in [-0.2, -0.15) is 0 Å². The first-order valence-electron chi connectivity index (χ1n) is 28.7. The number of anilines is 2. The standard InChI is InChI=1S/2C22H23BN4O.C17H21BN4O/c2*1-15-10-11-19-20-14-16(2)27(23(4)21(20)28-22(19)24-15)26-13-12-25(17(26)3)18-8-6-5-7-9-18;1-11-6-7-14-15-10-12(2)22(21-9-8-20(5)13(21)3)18(4)16(15)23-17(14)19-11/h2*5-14,17H,1-4H3;6-10,13H,1-5H3/t2*17-;13-/m000/s1/i;;5D3. The summed E-state index contributed by atoms with van der Waals surface area (Å²) in [5, 5.41) is 9.67. The SMILES string of the molecule is CB1c2oc3nc(C)ccc3c2C=C(C)N1N1C=CN(c2ccccc2)[C@@H]1C.CB1c2oc3nc(C)ccc3c2C=C(C)N1N1C=CN(c2ccccc2)[C@@H]1C.[2H]C([2H])([2H])N1C=CN(N2B(C)c3oc4nc(C)ccc4c3C=C2C)[C@H]1C. The van der Waals surface area contributed by atoms with Crippen LogP contribution in [0.4, 0.5) is 11.4 Å². The molecule has 12 heterocycles. The quantitative estimate of drug-likeness (QED) is 0.153. The zero-order valence-corrected chi connectivity index (χ0v) is 47.0. The maximum atomic E-state index is 7.70. The summed E-state index contributed by atoms with van der Waals surface area (Å²) in [6.45, 7) is 22.9. The third kappa shape index (κ3) is 8.77. The van der Waals surface area contributed by atoms with Gasteiger partial charge in [-0.25, -0.2) is 15.0 Å². The van der Waals surface area contributed by atoms with Gasteiger partial charge >= 0.3 is 20.5 Å². The van der Waals surface area contributed by atoms with Crippen LogP contribution in [0.1, 0.15) is 79.4 Å². The Kier molecular flexibility index (Phi) is 12.0. The first-order chi connectivity index (χ1) is 39.3. The molecule has 14 rings (SSSR count). The van der Waals surface area contributed by atoms with E-state index in [0.717, 1.165) is 84.0 Å². The maximum absolute atomic E-state index is 7.70. The fraction of sp³-hybridized carbons (Fsp3) is 0.262. The monoisotopic (exact) mass is 1050 g/mol. The Hall–Kier alpha value is -8.66. The lowest BCUT2D eigenvalue weighted by molar-refractivity contribution is 0.0631. The number of hydrazine groups is 3. The van der Waals surface area contributed by atoms with E-state index in [9.17, 15) is 0 Å². The number of nitrogens with zero attached hydrogens (tertiary/aromatic N) is 12. The highest BCUT2D eigenvalue weighted by Gasteiger charge is 2.42. The summed E-state index contributed by atoms with van der Waals surface area (Å²) >= 11 is 0. The molecule has 0 radical (unpaired) electrons. The van der Waals surface area contributed by atoms with Gasteiger partial charge in [-0.05, 0) is 141 Å². The second-order valence-corrected chi connectivity index (χ2v) is 21.3. The van der Waals surface area contributed by atoms with Gasteiger partial charge in [0.15, 0.2) is 0 Å². The molecular formula is C61H67B3N12O3. The molecule has 0 amide bonds. The first kappa shape index (κ1) is 47.5. The zero-order chi connectivity index (χ0) is 57.6. The van der Waals surface area contributed by atoms with E-state index in [1.54, 1.807) is 12.4 Å². The van der Waals surface area contributed by atoms with Crippen LogP contribution in [-0.2, 0) is 0 Å². The third-order valence-corrected chi connectivity index (χ3v) is 16.0. The summed E-state index contributed by atoms with van der Waals surface area (Å²) < 4.78 is 41.6. The molecule has 0 aliphatic carbocycles. The Balaban J connectivity index is 0.000000122. The van der Waals surface area contributed by atoms with Crippen LogP contribution in [0.15, 0.2) is 165 Å². The van der Waals surface area contributed by atoms with Crippen molar-refractivity contribution >= 4 is 100 Å². The van der Waals surface area contributed by atoms with Crippen molar-refractivity contribution in [3.63, 3.8) is 0 Å². The lowest BCUT2D eigenvalue weighted by Gasteiger charge is -2.43. The van der Waals surface area contributed by atoms with Gasteiger partial charge < -0.3 is 42.7 Å². The molecule has 0 bridgehead atoms. The smallest absolute Gasteiger partial charge is 0.353 e. The Morgan fingerprint density at radius 2 is 0.747 bits per heavy atom. The Labute approximate surface area is 468 Å². The molecule has 8 aromatic rings. The van der Waals surface area contributed by atoms with E-state index in [1.807, 2.05) is 76.0 Å². The van der Waals surface area contributed by atoms with Gasteiger partial charge in [-0.3, -0.25) is 15.0 Å². The predicted molar refractivity (Wildman–Crippen MR) is 323 cm³/mol. The molecule has 0 saturated carbocycles. The highest BCUT2D eigenvalue weighted by molar-refractivity contribution is 6.71. The summed E-state index contributed by atoms with van der Waals surface area (Å²) in [5.74, 6) is 0. The van der Waals surface area contributed by atoms with Crippen LogP contribution in [0, 0.1) is 20.8 Å². The number of pyridine rings is 3. The average Bonchev–Trinajstić information content (AvgIpc) is 3.40. The Morgan fingerprint density at radius 3 is 1.08 bits per heavy atom. The van der Waals surface area contributed by atoms with Crippen molar-refractivity contribution in [2.75, 3.05) is 16.8 Å². The molecular weight excluding hydrogens is 981 g/mol. The maximum Gasteiger partial charge on any atom is 0.353 e. The molecule has 2 aromatic carbocycles. The molecule has 15 nitrogen and oxygen atoms in total. The number of furan rings is 3. The van der Waals surface area contributed by atoms with Crippen LogP contribution >= 0.6 is 0 Å². The van der Waals surface area contributed by atoms with Crippen LogP contribution in [0.2, 0.25) is 20.5 Å². The van der Waals surface area contributed by atoms with Crippen molar-refractivity contribution in [1.82, 2.24) is 49.6 Å². The van der Waals surface area contributed by atoms with Crippen LogP contribution in [0.25, 0.3) is 51.5 Å². The molecule has 0 unspecified atom stereocenters.